The predicted molar refractivity (Wildman–Crippen MR) is 71.7 cm³/mol. The van der Waals surface area contributed by atoms with Crippen molar-refractivity contribution in [3.63, 3.8) is 0 Å². The maximum Gasteiger partial charge on any atom is 0.255 e. The molecule has 2 aromatic carbocycles. The van der Waals surface area contributed by atoms with Crippen LogP contribution in [0.15, 0.2) is 42.5 Å². The number of anilines is 2. The Kier molecular flexibility index (Phi) is 3.19. The third-order valence-electron chi connectivity index (χ3n) is 2.67. The van der Waals surface area contributed by atoms with Gasteiger partial charge in [-0.2, -0.15) is 0 Å². The van der Waals surface area contributed by atoms with Crippen LogP contribution >= 0.6 is 0 Å². The van der Waals surface area contributed by atoms with E-state index in [4.69, 9.17) is 10.8 Å². The predicted octanol–water partition coefficient (Wildman–Crippen LogP) is 2.54. The number of nitrogens with one attached hydrogen (secondary N) is 1. The lowest BCUT2D eigenvalue weighted by Gasteiger charge is -2.11. The first-order chi connectivity index (χ1) is 8.58. The Bertz CT molecular complexity index is 557. The summed E-state index contributed by atoms with van der Waals surface area (Å²) >= 11 is 0. The first-order valence-electron chi connectivity index (χ1n) is 5.53. The zero-order valence-electron chi connectivity index (χ0n) is 9.97. The highest BCUT2D eigenvalue weighted by Gasteiger charge is 2.09. The van der Waals surface area contributed by atoms with Crippen LogP contribution in [0.3, 0.4) is 0 Å². The van der Waals surface area contributed by atoms with Gasteiger partial charge in [-0.05, 0) is 42.8 Å². The van der Waals surface area contributed by atoms with Crippen LogP contribution in [0.5, 0.6) is 5.75 Å². The molecular formula is C14H14N2O2. The molecule has 92 valence electrons. The van der Waals surface area contributed by atoms with Gasteiger partial charge in [0.25, 0.3) is 5.91 Å². The number of amides is 1. The fourth-order valence-electron chi connectivity index (χ4n) is 1.66. The number of carbonyl (C=O) groups is 1. The van der Waals surface area contributed by atoms with Crippen LogP contribution in [0, 0.1) is 6.92 Å². The zero-order chi connectivity index (χ0) is 13.1. The fourth-order valence-corrected chi connectivity index (χ4v) is 1.66. The van der Waals surface area contributed by atoms with E-state index in [-0.39, 0.29) is 11.7 Å². The Morgan fingerprint density at radius 3 is 2.44 bits per heavy atom. The molecule has 0 atom stereocenters. The van der Waals surface area contributed by atoms with E-state index in [0.29, 0.717) is 16.9 Å². The minimum atomic E-state index is -0.254. The largest absolute Gasteiger partial charge is 0.508 e. The molecule has 0 unspecified atom stereocenters. The fraction of sp³-hybridized carbons (Fsp3) is 0.0714. The number of phenols is 1. The molecule has 4 N–H and O–H groups in total. The Morgan fingerprint density at radius 1 is 1.17 bits per heavy atom. The van der Waals surface area contributed by atoms with Gasteiger partial charge in [-0.15, -0.1) is 0 Å². The van der Waals surface area contributed by atoms with E-state index in [1.54, 1.807) is 18.2 Å². The summed E-state index contributed by atoms with van der Waals surface area (Å²) in [5.41, 5.74) is 8.34. The summed E-state index contributed by atoms with van der Waals surface area (Å²) in [6, 6.07) is 11.5. The van der Waals surface area contributed by atoms with Gasteiger partial charge in [0, 0.05) is 5.56 Å². The minimum Gasteiger partial charge on any atom is -0.508 e. The summed E-state index contributed by atoms with van der Waals surface area (Å²) in [5, 5.41) is 11.9. The van der Waals surface area contributed by atoms with Gasteiger partial charge in [-0.3, -0.25) is 4.79 Å². The number of hydrogen-bond donors (Lipinski definition) is 3. The molecule has 0 saturated heterocycles. The number of benzene rings is 2. The Morgan fingerprint density at radius 2 is 1.83 bits per heavy atom. The van der Waals surface area contributed by atoms with E-state index in [0.717, 1.165) is 5.56 Å². The molecule has 2 aromatic rings. The van der Waals surface area contributed by atoms with E-state index < -0.39 is 0 Å². The lowest BCUT2D eigenvalue weighted by atomic mass is 10.1. The molecule has 0 saturated carbocycles. The maximum absolute atomic E-state index is 12.0. The van der Waals surface area contributed by atoms with Crippen LogP contribution in [0.4, 0.5) is 11.4 Å². The summed E-state index contributed by atoms with van der Waals surface area (Å²) < 4.78 is 0. The van der Waals surface area contributed by atoms with Crippen molar-refractivity contribution in [1.29, 1.82) is 0 Å². The monoisotopic (exact) mass is 242 g/mol. The molecule has 0 fully saturated rings. The number of aromatic hydroxyl groups is 1. The lowest BCUT2D eigenvalue weighted by Crippen LogP contribution is -2.14. The first kappa shape index (κ1) is 12.0. The van der Waals surface area contributed by atoms with Gasteiger partial charge in [0.05, 0.1) is 11.4 Å². The van der Waals surface area contributed by atoms with Gasteiger partial charge in [-0.1, -0.05) is 12.1 Å². The molecule has 0 bridgehead atoms. The number of rotatable bonds is 2. The van der Waals surface area contributed by atoms with E-state index in [1.165, 1.54) is 12.1 Å². The molecule has 0 aliphatic carbocycles. The molecule has 1 amide bonds. The second-order valence-electron chi connectivity index (χ2n) is 4.04. The molecule has 0 aromatic heterocycles. The molecule has 0 aliphatic rings. The smallest absolute Gasteiger partial charge is 0.255 e. The molecule has 0 spiro atoms. The molecule has 0 heterocycles. The number of hydrogen-bond acceptors (Lipinski definition) is 3. The van der Waals surface area contributed by atoms with Crippen molar-refractivity contribution in [2.24, 2.45) is 0 Å². The molecule has 0 radical (unpaired) electrons. The molecular weight excluding hydrogens is 228 g/mol. The van der Waals surface area contributed by atoms with Gasteiger partial charge in [-0.25, -0.2) is 0 Å². The van der Waals surface area contributed by atoms with Gasteiger partial charge in [0.15, 0.2) is 0 Å². The highest BCUT2D eigenvalue weighted by Crippen LogP contribution is 2.23. The van der Waals surface area contributed by atoms with Crippen molar-refractivity contribution in [2.75, 3.05) is 11.1 Å². The molecule has 4 nitrogen and oxygen atoms in total. The second kappa shape index (κ2) is 4.79. The van der Waals surface area contributed by atoms with E-state index in [2.05, 4.69) is 5.32 Å². The highest BCUT2D eigenvalue weighted by molar-refractivity contribution is 6.06. The SMILES string of the molecule is Cc1cccc(N)c1NC(=O)c1ccc(O)cc1. The van der Waals surface area contributed by atoms with Gasteiger partial charge >= 0.3 is 0 Å². The number of aryl methyl sites for hydroxylation is 1. The van der Waals surface area contributed by atoms with Crippen molar-refractivity contribution < 1.29 is 9.90 Å². The van der Waals surface area contributed by atoms with Crippen LogP contribution in [-0.4, -0.2) is 11.0 Å². The van der Waals surface area contributed by atoms with Crippen LogP contribution in [-0.2, 0) is 0 Å². The lowest BCUT2D eigenvalue weighted by molar-refractivity contribution is 0.102. The van der Waals surface area contributed by atoms with Crippen LogP contribution in [0.25, 0.3) is 0 Å². The summed E-state index contributed by atoms with van der Waals surface area (Å²) in [7, 11) is 0. The number of nitrogen functional groups attached to an aromatic ring is 1. The summed E-state index contributed by atoms with van der Waals surface area (Å²) in [6.07, 6.45) is 0. The molecule has 2 rings (SSSR count). The normalized spacial score (nSPS) is 10.1. The van der Waals surface area contributed by atoms with Crippen molar-refractivity contribution >= 4 is 17.3 Å². The van der Waals surface area contributed by atoms with Crippen molar-refractivity contribution in [2.45, 2.75) is 6.92 Å². The van der Waals surface area contributed by atoms with E-state index in [1.807, 2.05) is 19.1 Å². The number of nitrogens with two attached hydrogens (primary N) is 1. The molecule has 18 heavy (non-hydrogen) atoms. The standard InChI is InChI=1S/C14H14N2O2/c1-9-3-2-4-12(15)13(9)16-14(18)10-5-7-11(17)8-6-10/h2-8,17H,15H2,1H3,(H,16,18). The van der Waals surface area contributed by atoms with Crippen LogP contribution in [0.1, 0.15) is 15.9 Å². The Balaban J connectivity index is 2.24. The quantitative estimate of drug-likeness (QED) is 0.708. The summed E-state index contributed by atoms with van der Waals surface area (Å²) in [5.74, 6) is -0.127. The van der Waals surface area contributed by atoms with Crippen molar-refractivity contribution in [3.05, 3.63) is 53.6 Å². The highest BCUT2D eigenvalue weighted by atomic mass is 16.3. The van der Waals surface area contributed by atoms with E-state index >= 15 is 0 Å². The average molecular weight is 242 g/mol. The van der Waals surface area contributed by atoms with Gasteiger partial charge in [0.2, 0.25) is 0 Å². The number of para-hydroxylation sites is 1. The van der Waals surface area contributed by atoms with Crippen LogP contribution in [0.2, 0.25) is 0 Å². The van der Waals surface area contributed by atoms with Crippen molar-refractivity contribution in [3.8, 4) is 5.75 Å². The van der Waals surface area contributed by atoms with Crippen molar-refractivity contribution in [1.82, 2.24) is 0 Å². The number of carbonyl (C=O) groups excluding carboxylic acids is 1. The average Bonchev–Trinajstić information content (AvgIpc) is 2.34. The van der Waals surface area contributed by atoms with Gasteiger partial charge < -0.3 is 16.2 Å². The topological polar surface area (TPSA) is 75.3 Å². The third kappa shape index (κ3) is 2.43. The Labute approximate surface area is 105 Å². The summed E-state index contributed by atoms with van der Waals surface area (Å²) in [4.78, 5) is 12.0. The zero-order valence-corrected chi connectivity index (χ0v) is 9.97. The molecule has 0 aliphatic heterocycles. The molecule has 4 heteroatoms. The third-order valence-corrected chi connectivity index (χ3v) is 2.67. The van der Waals surface area contributed by atoms with Gasteiger partial charge in [0.1, 0.15) is 5.75 Å². The number of phenolic OH excluding ortho intramolecular Hbond substituents is 1. The second-order valence-corrected chi connectivity index (χ2v) is 4.04. The Hall–Kier alpha value is -2.49. The minimum absolute atomic E-state index is 0.127. The van der Waals surface area contributed by atoms with E-state index in [9.17, 15) is 4.79 Å². The first-order valence-corrected chi connectivity index (χ1v) is 5.53. The van der Waals surface area contributed by atoms with Crippen LogP contribution < -0.4 is 11.1 Å². The maximum atomic E-state index is 12.0. The summed E-state index contributed by atoms with van der Waals surface area (Å²) in [6.45, 7) is 1.88.